The van der Waals surface area contributed by atoms with Gasteiger partial charge < -0.3 is 19.6 Å². The summed E-state index contributed by atoms with van der Waals surface area (Å²) < 4.78 is 6.35. The first-order valence-electron chi connectivity index (χ1n) is 14.7. The van der Waals surface area contributed by atoms with Crippen molar-refractivity contribution in [1.29, 1.82) is 0 Å². The molecule has 4 aliphatic heterocycles. The van der Waals surface area contributed by atoms with Crippen LogP contribution in [0.1, 0.15) is 18.4 Å². The summed E-state index contributed by atoms with van der Waals surface area (Å²) in [5.74, 6) is -2.49. The Hall–Kier alpha value is -3.96. The van der Waals surface area contributed by atoms with Gasteiger partial charge in [0, 0.05) is 11.8 Å². The van der Waals surface area contributed by atoms with Gasteiger partial charge in [-0.25, -0.2) is 4.68 Å². The molecular weight excluding hydrogens is 566 g/mol. The van der Waals surface area contributed by atoms with Gasteiger partial charge in [0.25, 0.3) is 0 Å². The summed E-state index contributed by atoms with van der Waals surface area (Å²) in [4.78, 5) is 46.1. The number of cyclic esters (lactones) is 1. The van der Waals surface area contributed by atoms with Crippen LogP contribution >= 0.6 is 11.8 Å². The molecule has 1 N–H and O–H groups in total. The third-order valence-corrected chi connectivity index (χ3v) is 10.8. The number of para-hydroxylation sites is 1. The molecule has 0 radical (unpaired) electrons. The number of ether oxygens (including phenoxy) is 1. The molecule has 0 bridgehead atoms. The third-order valence-electron chi connectivity index (χ3n) is 9.02. The van der Waals surface area contributed by atoms with Crippen LogP contribution in [-0.4, -0.2) is 89.5 Å². The van der Waals surface area contributed by atoms with Crippen molar-refractivity contribution in [2.75, 3.05) is 19.8 Å². The van der Waals surface area contributed by atoms with Crippen molar-refractivity contribution in [2.45, 2.75) is 48.0 Å². The van der Waals surface area contributed by atoms with E-state index in [1.54, 1.807) is 14.5 Å². The van der Waals surface area contributed by atoms with E-state index in [0.29, 0.717) is 19.6 Å². The van der Waals surface area contributed by atoms with Crippen molar-refractivity contribution in [1.82, 2.24) is 24.8 Å². The first-order valence-corrected chi connectivity index (χ1v) is 15.6. The summed E-state index contributed by atoms with van der Waals surface area (Å²) >= 11 is 1.50. The molecule has 6 atom stereocenters. The van der Waals surface area contributed by atoms with Gasteiger partial charge in [0.2, 0.25) is 11.8 Å². The summed E-state index contributed by atoms with van der Waals surface area (Å²) in [6.45, 7) is 0.414. The molecule has 4 aliphatic rings. The topological polar surface area (TPSA) is 118 Å². The molecule has 5 heterocycles. The summed E-state index contributed by atoms with van der Waals surface area (Å²) in [6, 6.07) is 15.6. The van der Waals surface area contributed by atoms with Gasteiger partial charge >= 0.3 is 5.97 Å². The smallest absolute Gasteiger partial charge is 0.311 e. The molecule has 10 nitrogen and oxygen atoms in total. The lowest BCUT2D eigenvalue weighted by Gasteiger charge is -2.38. The van der Waals surface area contributed by atoms with E-state index in [4.69, 9.17) is 4.74 Å². The molecule has 0 saturated carbocycles. The van der Waals surface area contributed by atoms with Gasteiger partial charge in [0.1, 0.15) is 18.2 Å². The number of hydrogen-bond donors (Lipinski definition) is 1. The number of fused-ring (bicyclic) bond motifs is 3. The van der Waals surface area contributed by atoms with Crippen LogP contribution in [0.4, 0.5) is 0 Å². The molecule has 1 unspecified atom stereocenters. The highest BCUT2D eigenvalue weighted by Crippen LogP contribution is 2.61. The lowest BCUT2D eigenvalue weighted by atomic mass is 9.78. The Morgan fingerprint density at radius 2 is 1.86 bits per heavy atom. The van der Waals surface area contributed by atoms with E-state index in [1.807, 2.05) is 72.8 Å². The highest BCUT2D eigenvalue weighted by atomic mass is 32.2. The Balaban J connectivity index is 1.31. The van der Waals surface area contributed by atoms with Gasteiger partial charge in [-0.3, -0.25) is 14.4 Å². The molecule has 2 saturated heterocycles. The number of aliphatic hydroxyl groups excluding tert-OH is 1. The van der Waals surface area contributed by atoms with Gasteiger partial charge in [0.05, 0.1) is 41.4 Å². The lowest BCUT2D eigenvalue weighted by molar-refractivity contribution is -0.153. The number of esters is 1. The molecule has 11 heteroatoms. The Kier molecular flexibility index (Phi) is 7.30. The number of carbonyl (C=O) groups excluding carboxylic acids is 3. The fourth-order valence-electron chi connectivity index (χ4n) is 7.08. The van der Waals surface area contributed by atoms with E-state index >= 15 is 0 Å². The number of hydrogen-bond acceptors (Lipinski definition) is 8. The number of nitrogens with zero attached hydrogens (tertiary/aromatic N) is 5. The van der Waals surface area contributed by atoms with Crippen molar-refractivity contribution < 1.29 is 24.2 Å². The van der Waals surface area contributed by atoms with E-state index in [2.05, 4.69) is 16.4 Å². The van der Waals surface area contributed by atoms with Crippen molar-refractivity contribution in [3.05, 3.63) is 84.5 Å². The number of aromatic nitrogens is 3. The van der Waals surface area contributed by atoms with Gasteiger partial charge in [-0.1, -0.05) is 72.0 Å². The van der Waals surface area contributed by atoms with Crippen LogP contribution in [0.2, 0.25) is 0 Å². The van der Waals surface area contributed by atoms with Crippen molar-refractivity contribution >= 4 is 40.6 Å². The number of carbonyl (C=O) groups is 3. The molecular formula is C32H33N5O5S. The molecule has 7 rings (SSSR count). The van der Waals surface area contributed by atoms with Crippen LogP contribution in [0.5, 0.6) is 0 Å². The van der Waals surface area contributed by atoms with Crippen LogP contribution in [0.25, 0.3) is 11.0 Å². The van der Waals surface area contributed by atoms with E-state index in [0.717, 1.165) is 29.4 Å². The van der Waals surface area contributed by atoms with Gasteiger partial charge in [-0.05, 0) is 37.0 Å². The zero-order valence-corrected chi connectivity index (χ0v) is 24.4. The summed E-state index contributed by atoms with van der Waals surface area (Å²) in [5.41, 5.74) is 2.46. The van der Waals surface area contributed by atoms with Crippen LogP contribution in [0, 0.1) is 11.8 Å². The molecule has 2 aromatic carbocycles. The molecule has 2 amide bonds. The van der Waals surface area contributed by atoms with Crippen LogP contribution in [-0.2, 0) is 32.2 Å². The Bertz CT molecular complexity index is 1610. The minimum atomic E-state index is -1.00. The average molecular weight is 600 g/mol. The minimum absolute atomic E-state index is 0.144. The highest BCUT2D eigenvalue weighted by Gasteiger charge is 2.71. The fourth-order valence-corrected chi connectivity index (χ4v) is 9.07. The predicted octanol–water partition coefficient (Wildman–Crippen LogP) is 2.58. The van der Waals surface area contributed by atoms with Crippen LogP contribution in [0.3, 0.4) is 0 Å². The van der Waals surface area contributed by atoms with Crippen LogP contribution in [0.15, 0.2) is 78.9 Å². The second-order valence-corrected chi connectivity index (χ2v) is 13.0. The van der Waals surface area contributed by atoms with E-state index < -0.39 is 34.6 Å². The predicted molar refractivity (Wildman–Crippen MR) is 160 cm³/mol. The molecule has 222 valence electrons. The lowest BCUT2D eigenvalue weighted by Crippen LogP contribution is -2.57. The maximum atomic E-state index is 14.7. The van der Waals surface area contributed by atoms with Gasteiger partial charge in [-0.2, -0.15) is 0 Å². The number of aliphatic hydroxyl groups is 1. The molecule has 2 fully saturated rings. The zero-order chi connectivity index (χ0) is 29.6. The number of benzene rings is 2. The highest BCUT2D eigenvalue weighted by molar-refractivity contribution is 8.02. The number of amides is 2. The molecule has 1 aromatic heterocycles. The average Bonchev–Trinajstić information content (AvgIpc) is 3.63. The zero-order valence-electron chi connectivity index (χ0n) is 23.6. The molecule has 1 spiro atoms. The number of allylic oxidation sites excluding steroid dienone is 1. The van der Waals surface area contributed by atoms with Gasteiger partial charge in [-0.15, -0.1) is 16.9 Å². The van der Waals surface area contributed by atoms with Crippen molar-refractivity contribution in [3.8, 4) is 0 Å². The second kappa shape index (κ2) is 11.3. The number of likely N-dealkylation sites (tertiary alicyclic amines) is 1. The first-order chi connectivity index (χ1) is 21.0. The van der Waals surface area contributed by atoms with E-state index in [9.17, 15) is 19.5 Å². The maximum absolute atomic E-state index is 14.7. The standard InChI is InChI=1S/C32H33N5O5S/c38-19-22(18-21-10-3-1-4-11-21)37-28-30(40)35(20-36-24-13-7-6-12-23(24)33-34-36)16-9-15-32(28)27(29(37)39)26-25(43-32)14-5-2-8-17-42-31(26)41/h1,3-7,9-15,22,25-28,38H,2,8,16-20H2/b14-5-/t22-,25-,26+,27+,28?,32+/m1/s1. The Morgan fingerprint density at radius 1 is 1.05 bits per heavy atom. The monoisotopic (exact) mass is 599 g/mol. The van der Waals surface area contributed by atoms with E-state index in [1.165, 1.54) is 11.8 Å². The molecule has 3 aromatic rings. The third kappa shape index (κ3) is 4.65. The Labute approximate surface area is 253 Å². The number of rotatable bonds is 6. The summed E-state index contributed by atoms with van der Waals surface area (Å²) in [7, 11) is 0. The quantitative estimate of drug-likeness (QED) is 0.340. The molecule has 43 heavy (non-hydrogen) atoms. The maximum Gasteiger partial charge on any atom is 0.311 e. The van der Waals surface area contributed by atoms with E-state index in [-0.39, 0.29) is 30.3 Å². The van der Waals surface area contributed by atoms with Crippen molar-refractivity contribution in [3.63, 3.8) is 0 Å². The second-order valence-electron chi connectivity index (χ2n) is 11.5. The van der Waals surface area contributed by atoms with Crippen molar-refractivity contribution in [2.24, 2.45) is 11.8 Å². The number of thioether (sulfide) groups is 1. The summed E-state index contributed by atoms with van der Waals surface area (Å²) in [5, 5.41) is 18.9. The SMILES string of the molecule is O=C1OCCC/C=C\[C@H]2S[C@]34C=CCN(Cn5nnc6ccccc65)C(=O)C3N([C@@H](CO)Cc3ccccc3)C(=O)[C@@H]4[C@@H]12. The minimum Gasteiger partial charge on any atom is -0.465 e. The van der Waals surface area contributed by atoms with Crippen LogP contribution < -0.4 is 0 Å². The fraction of sp³-hybridized carbons (Fsp3) is 0.406. The largest absolute Gasteiger partial charge is 0.465 e. The summed E-state index contributed by atoms with van der Waals surface area (Å²) in [6.07, 6.45) is 9.83. The van der Waals surface area contributed by atoms with Gasteiger partial charge in [0.15, 0.2) is 0 Å². The normalized spacial score (nSPS) is 30.1. The molecule has 0 aliphatic carbocycles. The first kappa shape index (κ1) is 27.8. The Morgan fingerprint density at radius 3 is 2.70 bits per heavy atom.